The molecule has 1 heterocycles. The number of carbonyl (C=O) groups excluding carboxylic acids is 1. The first-order valence-corrected chi connectivity index (χ1v) is 13.0. The molecule has 0 bridgehead atoms. The van der Waals surface area contributed by atoms with E-state index in [0.717, 1.165) is 30.2 Å². The number of halogens is 2. The summed E-state index contributed by atoms with van der Waals surface area (Å²) in [4.78, 5) is 13.0. The fourth-order valence-electron chi connectivity index (χ4n) is 3.17. The first kappa shape index (κ1) is 27.5. The zero-order valence-electron chi connectivity index (χ0n) is 19.2. The third-order valence-corrected chi connectivity index (χ3v) is 7.24. The van der Waals surface area contributed by atoms with Gasteiger partial charge in [0.2, 0.25) is 0 Å². The fraction of sp³-hybridized carbons (Fsp3) is 0.478. The van der Waals surface area contributed by atoms with E-state index in [0.29, 0.717) is 58.3 Å². The highest BCUT2D eigenvalue weighted by molar-refractivity contribution is 7.91. The van der Waals surface area contributed by atoms with Gasteiger partial charge < -0.3 is 30.6 Å². The third kappa shape index (κ3) is 9.22. The van der Waals surface area contributed by atoms with Gasteiger partial charge in [-0.25, -0.2) is 0 Å². The van der Waals surface area contributed by atoms with Crippen LogP contribution in [0.3, 0.4) is 0 Å². The smallest absolute Gasteiger partial charge is 0.273 e. The van der Waals surface area contributed by atoms with Crippen LogP contribution < -0.4 is 16.0 Å². The number of amides is 1. The zero-order chi connectivity index (χ0) is 24.4. The van der Waals surface area contributed by atoms with Crippen molar-refractivity contribution in [3.8, 4) is 0 Å². The summed E-state index contributed by atoms with van der Waals surface area (Å²) in [5, 5.41) is 17.8. The molecular formula is C23H32Cl2N4O3S. The largest absolute Gasteiger partial charge is 0.616 e. The van der Waals surface area contributed by atoms with Crippen LogP contribution >= 0.6 is 23.2 Å². The van der Waals surface area contributed by atoms with Crippen LogP contribution in [0.2, 0.25) is 10.0 Å². The maximum atomic E-state index is 13.0. The Labute approximate surface area is 209 Å². The van der Waals surface area contributed by atoms with E-state index in [4.69, 9.17) is 33.3 Å². The highest BCUT2D eigenvalue weighted by Crippen LogP contribution is 2.22. The normalized spacial score (nSPS) is 18.7. The van der Waals surface area contributed by atoms with Crippen LogP contribution in [-0.2, 0) is 27.3 Å². The summed E-state index contributed by atoms with van der Waals surface area (Å²) < 4.78 is 17.3. The molecule has 1 amide bonds. The van der Waals surface area contributed by atoms with E-state index in [1.165, 1.54) is 0 Å². The third-order valence-electron chi connectivity index (χ3n) is 5.12. The minimum absolute atomic E-state index is 0.109. The van der Waals surface area contributed by atoms with Gasteiger partial charge in [-0.3, -0.25) is 4.79 Å². The van der Waals surface area contributed by atoms with Crippen molar-refractivity contribution in [3.63, 3.8) is 0 Å². The highest BCUT2D eigenvalue weighted by atomic mass is 35.5. The molecular weight excluding hydrogens is 483 g/mol. The molecule has 2 rings (SSSR count). The van der Waals surface area contributed by atoms with Crippen molar-refractivity contribution in [1.82, 2.24) is 16.0 Å². The molecule has 0 spiro atoms. The molecule has 0 atom stereocenters. The number of rotatable bonds is 11. The molecule has 33 heavy (non-hydrogen) atoms. The Morgan fingerprint density at radius 2 is 1.91 bits per heavy atom. The molecule has 0 unspecified atom stereocenters. The Morgan fingerprint density at radius 1 is 1.21 bits per heavy atom. The van der Waals surface area contributed by atoms with E-state index in [-0.39, 0.29) is 12.0 Å². The Bertz CT molecular complexity index is 896. The zero-order valence-corrected chi connectivity index (χ0v) is 21.6. The molecule has 4 N–H and O–H groups in total. The molecule has 182 valence electrons. The maximum absolute atomic E-state index is 13.0. The summed E-state index contributed by atoms with van der Waals surface area (Å²) in [6.45, 7) is 6.79. The average molecular weight is 516 g/mol. The molecule has 1 fully saturated rings. The van der Waals surface area contributed by atoms with Gasteiger partial charge in [0.15, 0.2) is 0 Å². The number of benzene rings is 1. The minimum atomic E-state index is -0.719. The van der Waals surface area contributed by atoms with Crippen LogP contribution in [-0.4, -0.2) is 47.4 Å². The minimum Gasteiger partial charge on any atom is -0.616 e. The summed E-state index contributed by atoms with van der Waals surface area (Å²) in [5.41, 5.74) is 2.64. The molecule has 1 aromatic rings. The molecule has 0 aromatic heterocycles. The van der Waals surface area contributed by atoms with Crippen molar-refractivity contribution >= 4 is 46.5 Å². The first-order chi connectivity index (χ1) is 15.7. The monoisotopic (exact) mass is 514 g/mol. The predicted octanol–water partition coefficient (Wildman–Crippen LogP) is 3.89. The van der Waals surface area contributed by atoms with Gasteiger partial charge in [-0.2, -0.15) is 0 Å². The molecule has 1 saturated heterocycles. The molecule has 10 heteroatoms. The molecule has 0 aliphatic carbocycles. The first-order valence-electron chi connectivity index (χ1n) is 10.8. The Morgan fingerprint density at radius 3 is 2.52 bits per heavy atom. The Kier molecular flexibility index (Phi) is 11.6. The Balaban J connectivity index is 1.92. The summed E-state index contributed by atoms with van der Waals surface area (Å²) in [5.74, 6) is 1.59. The van der Waals surface area contributed by atoms with Crippen LogP contribution in [0, 0.1) is 5.41 Å². The summed E-state index contributed by atoms with van der Waals surface area (Å²) >= 11 is 11.3. The molecule has 1 aromatic carbocycles. The highest BCUT2D eigenvalue weighted by Gasteiger charge is 2.22. The summed E-state index contributed by atoms with van der Waals surface area (Å²) in [7, 11) is 0. The second-order valence-corrected chi connectivity index (χ2v) is 10.5. The van der Waals surface area contributed by atoms with Gasteiger partial charge in [0.25, 0.3) is 5.91 Å². The van der Waals surface area contributed by atoms with Gasteiger partial charge in [-0.1, -0.05) is 40.4 Å². The molecule has 0 radical (unpaired) electrons. The van der Waals surface area contributed by atoms with Crippen molar-refractivity contribution in [2.75, 3.05) is 24.7 Å². The fourth-order valence-corrected chi connectivity index (χ4v) is 4.75. The van der Waals surface area contributed by atoms with Gasteiger partial charge in [-0.05, 0) is 49.6 Å². The van der Waals surface area contributed by atoms with Crippen molar-refractivity contribution in [1.29, 1.82) is 5.41 Å². The number of hydrogen-bond acceptors (Lipinski definition) is 6. The predicted molar refractivity (Wildman–Crippen MR) is 136 cm³/mol. The van der Waals surface area contributed by atoms with Gasteiger partial charge in [0.1, 0.15) is 23.0 Å². The van der Waals surface area contributed by atoms with E-state index >= 15 is 0 Å². The van der Waals surface area contributed by atoms with Crippen LogP contribution in [0.15, 0.2) is 40.9 Å². The van der Waals surface area contributed by atoms with Gasteiger partial charge in [0.05, 0.1) is 22.8 Å². The quantitative estimate of drug-likeness (QED) is 0.155. The van der Waals surface area contributed by atoms with E-state index in [1.54, 1.807) is 19.1 Å². The molecule has 7 nitrogen and oxygen atoms in total. The van der Waals surface area contributed by atoms with Crippen molar-refractivity contribution < 1.29 is 14.1 Å². The van der Waals surface area contributed by atoms with Crippen LogP contribution in [0.1, 0.15) is 39.2 Å². The van der Waals surface area contributed by atoms with Gasteiger partial charge in [0, 0.05) is 32.1 Å². The molecule has 0 saturated carbocycles. The lowest BCUT2D eigenvalue weighted by atomic mass is 10.2. The SMILES string of the molecule is CC(C)=C(NCc1ccc(Cl)c(Cl)c1)NC(=O)/C(NCCOC1CC[S+]([O-])CC1)=C(\C)C=N. The number of ether oxygens (including phenoxy) is 1. The topological polar surface area (TPSA) is 109 Å². The van der Waals surface area contributed by atoms with Gasteiger partial charge in [-0.15, -0.1) is 0 Å². The standard InChI is InChI=1S/C23H32Cl2N4O3S/c1-15(2)22(28-14-17-4-5-19(24)20(25)12-17)29-23(30)21(16(3)13-26)27-8-9-32-18-6-10-33(31)11-7-18/h4-5,12-13,18,26-28H,6-11,14H2,1-3H3,(H,29,30)/b21-16-,26-13?. The van der Waals surface area contributed by atoms with Crippen LogP contribution in [0.4, 0.5) is 0 Å². The van der Waals surface area contributed by atoms with Crippen LogP contribution in [0.25, 0.3) is 0 Å². The van der Waals surface area contributed by atoms with Crippen molar-refractivity contribution in [3.05, 3.63) is 56.5 Å². The lowest BCUT2D eigenvalue weighted by Gasteiger charge is -2.24. The van der Waals surface area contributed by atoms with E-state index in [2.05, 4.69) is 16.0 Å². The number of hydrogen-bond donors (Lipinski definition) is 4. The lowest BCUT2D eigenvalue weighted by Crippen LogP contribution is -2.38. The summed E-state index contributed by atoms with van der Waals surface area (Å²) in [6.07, 6.45) is 2.84. The second-order valence-electron chi connectivity index (χ2n) is 7.98. The second kappa shape index (κ2) is 13.9. The van der Waals surface area contributed by atoms with Crippen LogP contribution in [0.5, 0.6) is 0 Å². The van der Waals surface area contributed by atoms with Gasteiger partial charge >= 0.3 is 0 Å². The maximum Gasteiger partial charge on any atom is 0.273 e. The summed E-state index contributed by atoms with van der Waals surface area (Å²) in [6, 6.07) is 5.37. The lowest BCUT2D eigenvalue weighted by molar-refractivity contribution is -0.117. The number of nitrogens with one attached hydrogen (secondary N) is 4. The van der Waals surface area contributed by atoms with Crippen molar-refractivity contribution in [2.45, 2.75) is 46.3 Å². The van der Waals surface area contributed by atoms with E-state index < -0.39 is 11.2 Å². The number of allylic oxidation sites excluding steroid dienone is 2. The van der Waals surface area contributed by atoms with E-state index in [9.17, 15) is 9.35 Å². The van der Waals surface area contributed by atoms with Crippen molar-refractivity contribution in [2.24, 2.45) is 0 Å². The number of carbonyl (C=O) groups is 1. The molecule has 1 aliphatic heterocycles. The Hall–Kier alpha value is -1.71. The van der Waals surface area contributed by atoms with E-state index in [1.807, 2.05) is 19.9 Å². The molecule has 1 aliphatic rings. The average Bonchev–Trinajstić information content (AvgIpc) is 2.79.